The van der Waals surface area contributed by atoms with Crippen LogP contribution in [0.5, 0.6) is 5.75 Å². The molecule has 1 fully saturated rings. The number of aliphatic hydroxyl groups excluding tert-OH is 1. The van der Waals surface area contributed by atoms with Crippen LogP contribution >= 0.6 is 0 Å². The molecule has 2 rings (SSSR count). The van der Waals surface area contributed by atoms with Crippen molar-refractivity contribution in [3.05, 3.63) is 29.8 Å². The molecule has 284 valence electrons. The number of nitrogens with one attached hydrogen (secondary N) is 6. The summed E-state index contributed by atoms with van der Waals surface area (Å²) >= 11 is 0. The zero-order valence-electron chi connectivity index (χ0n) is 28.7. The van der Waals surface area contributed by atoms with Gasteiger partial charge in [0.25, 0.3) is 0 Å². The van der Waals surface area contributed by atoms with Gasteiger partial charge in [0.05, 0.1) is 12.6 Å². The molecule has 0 unspecified atom stereocenters. The average molecular weight is 721 g/mol. The monoisotopic (exact) mass is 720 g/mol. The predicted octanol–water partition coefficient (Wildman–Crippen LogP) is -3.32. The molecule has 0 aliphatic carbocycles. The molecule has 15 N–H and O–H groups in total. The number of nitrogens with zero attached hydrogens (tertiary/aromatic N) is 1. The standard InChI is InChI=1S/C32H52N10O9/c1-18(43)26(34)29(48)41-22(6-2-3-13-33)30(49)42-15-5-8-24(42)28(47)40-21(7-4-14-37-32(35)36)27(46)38-17-25(45)39-23(31(50)51)16-19-9-11-20(44)12-10-19/h9-12,18,21-24,26,43-44H,2-8,13-17,33-34H2,1H3,(H,38,46)(H,39,45)(H,40,47)(H,41,48)(H,50,51)(H4,35,36,37)/t18-,21+,22+,23+,24+,26+/m1/s1. The van der Waals surface area contributed by atoms with E-state index in [-0.39, 0.29) is 56.9 Å². The number of benzene rings is 1. The first kappa shape index (κ1) is 42.2. The van der Waals surface area contributed by atoms with Gasteiger partial charge < -0.3 is 64.0 Å². The van der Waals surface area contributed by atoms with E-state index in [0.29, 0.717) is 31.4 Å². The Morgan fingerprint density at radius 1 is 0.941 bits per heavy atom. The number of nitrogens with two attached hydrogens (primary N) is 3. The molecule has 0 bridgehead atoms. The Kier molecular flexibility index (Phi) is 17.6. The van der Waals surface area contributed by atoms with Crippen LogP contribution in [0, 0.1) is 5.41 Å². The Morgan fingerprint density at radius 3 is 2.22 bits per heavy atom. The number of likely N-dealkylation sites (tertiary alicyclic amines) is 1. The summed E-state index contributed by atoms with van der Waals surface area (Å²) in [4.78, 5) is 79.0. The number of hydrogen-bond acceptors (Lipinski definition) is 11. The first-order valence-corrected chi connectivity index (χ1v) is 16.8. The maximum absolute atomic E-state index is 13.7. The van der Waals surface area contributed by atoms with Crippen LogP contribution in [-0.4, -0.2) is 124 Å². The molecule has 0 aromatic heterocycles. The molecule has 51 heavy (non-hydrogen) atoms. The minimum atomic E-state index is -1.33. The molecule has 6 atom stereocenters. The zero-order valence-corrected chi connectivity index (χ0v) is 28.7. The molecule has 19 nitrogen and oxygen atoms in total. The summed E-state index contributed by atoms with van der Waals surface area (Å²) < 4.78 is 0. The molecule has 1 aliphatic rings. The van der Waals surface area contributed by atoms with Crippen molar-refractivity contribution in [1.29, 1.82) is 5.41 Å². The lowest BCUT2D eigenvalue weighted by atomic mass is 10.0. The normalized spacial score (nSPS) is 16.9. The Hall–Kier alpha value is -5.01. The third-order valence-corrected chi connectivity index (χ3v) is 8.27. The van der Waals surface area contributed by atoms with Gasteiger partial charge in [0.2, 0.25) is 29.5 Å². The highest BCUT2D eigenvalue weighted by atomic mass is 16.4. The Morgan fingerprint density at radius 2 is 1.61 bits per heavy atom. The van der Waals surface area contributed by atoms with E-state index in [9.17, 15) is 44.1 Å². The number of aliphatic carboxylic acids is 1. The molecule has 1 saturated heterocycles. The van der Waals surface area contributed by atoms with E-state index < -0.39 is 78.4 Å². The van der Waals surface area contributed by atoms with E-state index in [1.165, 1.54) is 36.1 Å². The van der Waals surface area contributed by atoms with Crippen LogP contribution in [-0.2, 0) is 35.2 Å². The Labute approximate surface area is 295 Å². The van der Waals surface area contributed by atoms with Crippen LogP contribution in [0.25, 0.3) is 0 Å². The molecule has 1 heterocycles. The fourth-order valence-corrected chi connectivity index (χ4v) is 5.41. The molecule has 1 aromatic rings. The van der Waals surface area contributed by atoms with Crippen molar-refractivity contribution in [3.8, 4) is 5.75 Å². The highest BCUT2D eigenvalue weighted by Gasteiger charge is 2.39. The molecule has 1 aromatic carbocycles. The Bertz CT molecular complexity index is 1360. The molecule has 0 radical (unpaired) electrons. The van der Waals surface area contributed by atoms with Gasteiger partial charge in [0.15, 0.2) is 5.96 Å². The van der Waals surface area contributed by atoms with Gasteiger partial charge in [0.1, 0.15) is 36.0 Å². The largest absolute Gasteiger partial charge is 0.508 e. The molecule has 19 heteroatoms. The number of rotatable bonds is 21. The number of aromatic hydroxyl groups is 1. The van der Waals surface area contributed by atoms with Crippen molar-refractivity contribution in [2.45, 2.75) is 94.6 Å². The number of guanidine groups is 1. The van der Waals surface area contributed by atoms with Crippen molar-refractivity contribution in [2.75, 3.05) is 26.2 Å². The second-order valence-electron chi connectivity index (χ2n) is 12.4. The van der Waals surface area contributed by atoms with Gasteiger partial charge >= 0.3 is 5.97 Å². The molecule has 1 aliphatic heterocycles. The zero-order chi connectivity index (χ0) is 38.1. The van der Waals surface area contributed by atoms with Crippen molar-refractivity contribution < 1.29 is 44.1 Å². The van der Waals surface area contributed by atoms with E-state index in [0.717, 1.165) is 0 Å². The lowest BCUT2D eigenvalue weighted by molar-refractivity contribution is -0.142. The number of carbonyl (C=O) groups is 6. The van der Waals surface area contributed by atoms with Gasteiger partial charge in [0, 0.05) is 19.5 Å². The second kappa shape index (κ2) is 21.3. The number of phenolic OH excluding ortho intramolecular Hbond substituents is 1. The quantitative estimate of drug-likeness (QED) is 0.0337. The van der Waals surface area contributed by atoms with Crippen LogP contribution in [0.4, 0.5) is 0 Å². The molecule has 0 spiro atoms. The number of carbonyl (C=O) groups excluding carboxylic acids is 5. The summed E-state index contributed by atoms with van der Waals surface area (Å²) in [6.07, 6.45) is 1.09. The van der Waals surface area contributed by atoms with Crippen molar-refractivity contribution in [1.82, 2.24) is 31.5 Å². The van der Waals surface area contributed by atoms with Crippen molar-refractivity contribution in [2.24, 2.45) is 17.2 Å². The smallest absolute Gasteiger partial charge is 0.326 e. The minimum Gasteiger partial charge on any atom is -0.508 e. The highest BCUT2D eigenvalue weighted by Crippen LogP contribution is 2.21. The second-order valence-corrected chi connectivity index (χ2v) is 12.4. The van der Waals surface area contributed by atoms with E-state index in [2.05, 4.69) is 26.6 Å². The summed E-state index contributed by atoms with van der Waals surface area (Å²) in [7, 11) is 0. The van der Waals surface area contributed by atoms with Gasteiger partial charge in [-0.05, 0) is 76.1 Å². The van der Waals surface area contributed by atoms with Crippen LogP contribution < -0.4 is 43.8 Å². The summed E-state index contributed by atoms with van der Waals surface area (Å²) in [6.45, 7) is 1.50. The van der Waals surface area contributed by atoms with Gasteiger partial charge in [-0.15, -0.1) is 0 Å². The lowest BCUT2D eigenvalue weighted by Gasteiger charge is -2.30. The maximum atomic E-state index is 13.7. The van der Waals surface area contributed by atoms with Crippen LogP contribution in [0.15, 0.2) is 24.3 Å². The van der Waals surface area contributed by atoms with Crippen LogP contribution in [0.3, 0.4) is 0 Å². The third kappa shape index (κ3) is 14.4. The number of phenols is 1. The maximum Gasteiger partial charge on any atom is 0.326 e. The number of amides is 5. The van der Waals surface area contributed by atoms with E-state index in [1.54, 1.807) is 0 Å². The molecular formula is C32H52N10O9. The summed E-state index contributed by atoms with van der Waals surface area (Å²) in [5.74, 6) is -5.06. The number of unbranched alkanes of at least 4 members (excludes halogenated alkanes) is 1. The lowest BCUT2D eigenvalue weighted by Crippen LogP contribution is -2.58. The van der Waals surface area contributed by atoms with Gasteiger partial charge in [-0.25, -0.2) is 4.79 Å². The van der Waals surface area contributed by atoms with E-state index in [4.69, 9.17) is 22.6 Å². The topological polar surface area (TPSA) is 328 Å². The number of aliphatic hydroxyl groups is 1. The SMILES string of the molecule is C[C@@H](O)[C@H](N)C(=O)N[C@@H](CCCCN)C(=O)N1CCC[C@H]1C(=O)N[C@@H](CCCNC(=N)N)C(=O)NCC(=O)N[C@@H](Cc1ccc(O)cc1)C(=O)O. The Balaban J connectivity index is 2.13. The van der Waals surface area contributed by atoms with Crippen molar-refractivity contribution in [3.63, 3.8) is 0 Å². The molecular weight excluding hydrogens is 668 g/mol. The summed E-state index contributed by atoms with van der Waals surface area (Å²) in [5.41, 5.74) is 17.2. The van der Waals surface area contributed by atoms with Gasteiger partial charge in [-0.3, -0.25) is 29.4 Å². The fourth-order valence-electron chi connectivity index (χ4n) is 5.41. The first-order valence-electron chi connectivity index (χ1n) is 16.8. The highest BCUT2D eigenvalue weighted by molar-refractivity contribution is 5.96. The summed E-state index contributed by atoms with van der Waals surface area (Å²) in [5, 5.41) is 48.8. The summed E-state index contributed by atoms with van der Waals surface area (Å²) in [6, 6.07) is -0.0320. The third-order valence-electron chi connectivity index (χ3n) is 8.27. The van der Waals surface area contributed by atoms with Crippen molar-refractivity contribution >= 4 is 41.5 Å². The number of carboxylic acids is 1. The minimum absolute atomic E-state index is 0.00603. The average Bonchev–Trinajstić information content (AvgIpc) is 3.58. The molecule has 5 amide bonds. The number of carboxylic acid groups (broad SMARTS) is 1. The molecule has 0 saturated carbocycles. The predicted molar refractivity (Wildman–Crippen MR) is 185 cm³/mol. The van der Waals surface area contributed by atoms with E-state index in [1.807, 2.05) is 0 Å². The van der Waals surface area contributed by atoms with Crippen LogP contribution in [0.2, 0.25) is 0 Å². The van der Waals surface area contributed by atoms with Gasteiger partial charge in [-0.1, -0.05) is 12.1 Å². The van der Waals surface area contributed by atoms with Crippen LogP contribution in [0.1, 0.15) is 57.4 Å². The fraction of sp³-hybridized carbons (Fsp3) is 0.594. The van der Waals surface area contributed by atoms with Gasteiger partial charge in [-0.2, -0.15) is 0 Å². The van der Waals surface area contributed by atoms with E-state index >= 15 is 0 Å². The number of hydrogen-bond donors (Lipinski definition) is 12. The first-order chi connectivity index (χ1) is 24.1.